The molecule has 3 heteroatoms. The third-order valence-electron chi connectivity index (χ3n) is 3.35. The smallest absolute Gasteiger partial charge is 0.255 e. The standard InChI is InChI=1S/C15H24N2O/c1-6-12(4)17(5)15(18)13-9-8-11(3)10-14(13)16-7-2/h8-10,12,16H,6-7H2,1-5H3. The van der Waals surface area contributed by atoms with Crippen molar-refractivity contribution in [3.8, 4) is 0 Å². The molecule has 0 spiro atoms. The molecule has 1 N–H and O–H groups in total. The summed E-state index contributed by atoms with van der Waals surface area (Å²) in [7, 11) is 1.87. The molecule has 1 aromatic rings. The second kappa shape index (κ2) is 6.43. The average molecular weight is 248 g/mol. The number of hydrogen-bond acceptors (Lipinski definition) is 2. The summed E-state index contributed by atoms with van der Waals surface area (Å²) in [6.45, 7) is 9.05. The van der Waals surface area contributed by atoms with Crippen LogP contribution in [0.2, 0.25) is 0 Å². The van der Waals surface area contributed by atoms with E-state index in [-0.39, 0.29) is 11.9 Å². The number of benzene rings is 1. The molecule has 100 valence electrons. The van der Waals surface area contributed by atoms with Gasteiger partial charge in [0.05, 0.1) is 5.56 Å². The molecule has 0 fully saturated rings. The zero-order chi connectivity index (χ0) is 13.7. The number of aryl methyl sites for hydroxylation is 1. The van der Waals surface area contributed by atoms with Crippen LogP contribution in [0.25, 0.3) is 0 Å². The highest BCUT2D eigenvalue weighted by atomic mass is 16.2. The molecule has 1 unspecified atom stereocenters. The number of nitrogens with zero attached hydrogens (tertiary/aromatic N) is 1. The molecule has 0 aromatic heterocycles. The largest absolute Gasteiger partial charge is 0.385 e. The van der Waals surface area contributed by atoms with E-state index in [4.69, 9.17) is 0 Å². The van der Waals surface area contributed by atoms with Crippen molar-refractivity contribution >= 4 is 11.6 Å². The van der Waals surface area contributed by atoms with E-state index in [0.29, 0.717) is 0 Å². The minimum Gasteiger partial charge on any atom is -0.385 e. The molecule has 0 aliphatic carbocycles. The van der Waals surface area contributed by atoms with Crippen LogP contribution < -0.4 is 5.32 Å². The number of anilines is 1. The summed E-state index contributed by atoms with van der Waals surface area (Å²) in [6.07, 6.45) is 0.963. The van der Waals surface area contributed by atoms with Gasteiger partial charge >= 0.3 is 0 Å². The SMILES string of the molecule is CCNc1cc(C)ccc1C(=O)N(C)C(C)CC. The predicted octanol–water partition coefficient (Wildman–Crippen LogP) is 3.30. The Hall–Kier alpha value is -1.51. The summed E-state index contributed by atoms with van der Waals surface area (Å²) < 4.78 is 0. The van der Waals surface area contributed by atoms with E-state index >= 15 is 0 Å². The molecule has 1 atom stereocenters. The number of carbonyl (C=O) groups is 1. The number of rotatable bonds is 5. The van der Waals surface area contributed by atoms with Crippen molar-refractivity contribution < 1.29 is 4.79 Å². The Labute approximate surface area is 110 Å². The Bertz CT molecular complexity index is 415. The van der Waals surface area contributed by atoms with Gasteiger partial charge < -0.3 is 10.2 Å². The lowest BCUT2D eigenvalue weighted by Crippen LogP contribution is -2.35. The first kappa shape index (κ1) is 14.6. The molecule has 0 aliphatic rings. The fourth-order valence-electron chi connectivity index (χ4n) is 1.85. The molecule has 1 rings (SSSR count). The first-order valence-electron chi connectivity index (χ1n) is 6.62. The van der Waals surface area contributed by atoms with Crippen LogP contribution in [-0.4, -0.2) is 30.4 Å². The summed E-state index contributed by atoms with van der Waals surface area (Å²) >= 11 is 0. The lowest BCUT2D eigenvalue weighted by molar-refractivity contribution is 0.0741. The van der Waals surface area contributed by atoms with Gasteiger partial charge in [-0.05, 0) is 44.9 Å². The summed E-state index contributed by atoms with van der Waals surface area (Å²) in [4.78, 5) is 14.2. The Morgan fingerprint density at radius 3 is 2.61 bits per heavy atom. The molecule has 1 amide bonds. The van der Waals surface area contributed by atoms with Gasteiger partial charge in [0.15, 0.2) is 0 Å². The highest BCUT2D eigenvalue weighted by Gasteiger charge is 2.18. The van der Waals surface area contributed by atoms with E-state index < -0.39 is 0 Å². The van der Waals surface area contributed by atoms with Crippen molar-refractivity contribution in [3.63, 3.8) is 0 Å². The highest BCUT2D eigenvalue weighted by molar-refractivity contribution is 5.99. The van der Waals surface area contributed by atoms with E-state index in [1.807, 2.05) is 44.0 Å². The summed E-state index contributed by atoms with van der Waals surface area (Å²) in [5.41, 5.74) is 2.84. The van der Waals surface area contributed by atoms with E-state index in [1.165, 1.54) is 0 Å². The maximum atomic E-state index is 12.4. The van der Waals surface area contributed by atoms with Crippen molar-refractivity contribution in [2.24, 2.45) is 0 Å². The van der Waals surface area contributed by atoms with Gasteiger partial charge in [0, 0.05) is 25.3 Å². The van der Waals surface area contributed by atoms with Crippen molar-refractivity contribution in [2.45, 2.75) is 40.2 Å². The molecule has 0 aliphatic heterocycles. The van der Waals surface area contributed by atoms with Crippen molar-refractivity contribution in [3.05, 3.63) is 29.3 Å². The van der Waals surface area contributed by atoms with Gasteiger partial charge in [-0.15, -0.1) is 0 Å². The predicted molar refractivity (Wildman–Crippen MR) is 77.2 cm³/mol. The molecule has 3 nitrogen and oxygen atoms in total. The molecule has 1 aromatic carbocycles. The Kier molecular flexibility index (Phi) is 5.20. The van der Waals surface area contributed by atoms with E-state index in [9.17, 15) is 4.79 Å². The number of carbonyl (C=O) groups excluding carboxylic acids is 1. The van der Waals surface area contributed by atoms with Crippen LogP contribution in [0.1, 0.15) is 43.1 Å². The normalized spacial score (nSPS) is 12.1. The van der Waals surface area contributed by atoms with Crippen LogP contribution in [0.15, 0.2) is 18.2 Å². The molecule has 18 heavy (non-hydrogen) atoms. The zero-order valence-electron chi connectivity index (χ0n) is 12.1. The van der Waals surface area contributed by atoms with Gasteiger partial charge in [-0.3, -0.25) is 4.79 Å². The Morgan fingerprint density at radius 2 is 2.06 bits per heavy atom. The third kappa shape index (κ3) is 3.25. The number of amides is 1. The maximum Gasteiger partial charge on any atom is 0.255 e. The van der Waals surface area contributed by atoms with Crippen LogP contribution >= 0.6 is 0 Å². The van der Waals surface area contributed by atoms with Crippen LogP contribution in [0.4, 0.5) is 5.69 Å². The topological polar surface area (TPSA) is 32.3 Å². The van der Waals surface area contributed by atoms with E-state index in [1.54, 1.807) is 0 Å². The minimum absolute atomic E-state index is 0.0836. The Morgan fingerprint density at radius 1 is 1.39 bits per heavy atom. The molecule has 0 saturated heterocycles. The van der Waals surface area contributed by atoms with Crippen LogP contribution in [0.3, 0.4) is 0 Å². The van der Waals surface area contributed by atoms with Crippen LogP contribution in [-0.2, 0) is 0 Å². The van der Waals surface area contributed by atoms with Crippen LogP contribution in [0, 0.1) is 6.92 Å². The highest BCUT2D eigenvalue weighted by Crippen LogP contribution is 2.20. The fraction of sp³-hybridized carbons (Fsp3) is 0.533. The minimum atomic E-state index is 0.0836. The zero-order valence-corrected chi connectivity index (χ0v) is 12.1. The fourth-order valence-corrected chi connectivity index (χ4v) is 1.85. The van der Waals surface area contributed by atoms with E-state index in [0.717, 1.165) is 29.8 Å². The molecule has 0 bridgehead atoms. The number of nitrogens with one attached hydrogen (secondary N) is 1. The van der Waals surface area contributed by atoms with Crippen molar-refractivity contribution in [2.75, 3.05) is 18.9 Å². The number of hydrogen-bond donors (Lipinski definition) is 1. The Balaban J connectivity index is 3.04. The van der Waals surface area contributed by atoms with Gasteiger partial charge in [-0.2, -0.15) is 0 Å². The molecule has 0 radical (unpaired) electrons. The van der Waals surface area contributed by atoms with Gasteiger partial charge in [0.25, 0.3) is 5.91 Å². The summed E-state index contributed by atoms with van der Waals surface area (Å²) in [5, 5.41) is 3.26. The van der Waals surface area contributed by atoms with Gasteiger partial charge in [0.1, 0.15) is 0 Å². The van der Waals surface area contributed by atoms with Crippen molar-refractivity contribution in [1.82, 2.24) is 4.90 Å². The van der Waals surface area contributed by atoms with Crippen molar-refractivity contribution in [1.29, 1.82) is 0 Å². The monoisotopic (exact) mass is 248 g/mol. The lowest BCUT2D eigenvalue weighted by atomic mass is 10.1. The molecule has 0 saturated carbocycles. The quantitative estimate of drug-likeness (QED) is 0.867. The van der Waals surface area contributed by atoms with E-state index in [2.05, 4.69) is 19.2 Å². The maximum absolute atomic E-state index is 12.4. The van der Waals surface area contributed by atoms with Gasteiger partial charge in [0.2, 0.25) is 0 Å². The average Bonchev–Trinajstić information content (AvgIpc) is 2.37. The summed E-state index contributed by atoms with van der Waals surface area (Å²) in [5.74, 6) is 0.0836. The van der Waals surface area contributed by atoms with Crippen LogP contribution in [0.5, 0.6) is 0 Å². The lowest BCUT2D eigenvalue weighted by Gasteiger charge is -2.25. The molecular weight excluding hydrogens is 224 g/mol. The molecular formula is C15H24N2O. The first-order chi connectivity index (χ1) is 8.51. The second-order valence-corrected chi connectivity index (χ2v) is 4.75. The second-order valence-electron chi connectivity index (χ2n) is 4.75. The first-order valence-corrected chi connectivity index (χ1v) is 6.62. The van der Waals surface area contributed by atoms with Gasteiger partial charge in [-0.25, -0.2) is 0 Å². The third-order valence-corrected chi connectivity index (χ3v) is 3.35. The molecule has 0 heterocycles. The summed E-state index contributed by atoms with van der Waals surface area (Å²) in [6, 6.07) is 6.18. The van der Waals surface area contributed by atoms with Gasteiger partial charge in [-0.1, -0.05) is 13.0 Å².